The molecule has 0 saturated carbocycles. The molecule has 0 radical (unpaired) electrons. The molecule has 0 fully saturated rings. The predicted octanol–water partition coefficient (Wildman–Crippen LogP) is 4.11. The van der Waals surface area contributed by atoms with Gasteiger partial charge in [-0.3, -0.25) is 4.79 Å². The van der Waals surface area contributed by atoms with Gasteiger partial charge in [0.2, 0.25) is 0 Å². The highest BCUT2D eigenvalue weighted by Crippen LogP contribution is 2.18. The molecule has 20 heavy (non-hydrogen) atoms. The lowest BCUT2D eigenvalue weighted by Gasteiger charge is -2.08. The van der Waals surface area contributed by atoms with Gasteiger partial charge in [-0.1, -0.05) is 45.0 Å². The van der Waals surface area contributed by atoms with E-state index in [0.29, 0.717) is 16.9 Å². The van der Waals surface area contributed by atoms with Crippen LogP contribution in [0.4, 0.5) is 11.4 Å². The Labute approximate surface area is 120 Å². The minimum atomic E-state index is -0.143. The Balaban J connectivity index is 0.000000956. The lowest BCUT2D eigenvalue weighted by atomic mass is 10.1. The molecule has 0 atom stereocenters. The van der Waals surface area contributed by atoms with Gasteiger partial charge in [0.25, 0.3) is 5.91 Å². The third-order valence-corrected chi connectivity index (χ3v) is 2.83. The van der Waals surface area contributed by atoms with Crippen molar-refractivity contribution in [2.45, 2.75) is 27.2 Å². The van der Waals surface area contributed by atoms with E-state index in [1.54, 1.807) is 12.1 Å². The number of benzene rings is 2. The first-order valence-electron chi connectivity index (χ1n) is 6.95. The summed E-state index contributed by atoms with van der Waals surface area (Å²) in [7, 11) is 0. The summed E-state index contributed by atoms with van der Waals surface area (Å²) in [6.45, 7) is 6.08. The van der Waals surface area contributed by atoms with Gasteiger partial charge in [0.15, 0.2) is 0 Å². The number of hydrogen-bond acceptors (Lipinski definition) is 2. The van der Waals surface area contributed by atoms with Crippen LogP contribution in [0.2, 0.25) is 0 Å². The summed E-state index contributed by atoms with van der Waals surface area (Å²) < 4.78 is 0. The van der Waals surface area contributed by atoms with Gasteiger partial charge in [-0.2, -0.15) is 0 Å². The Hall–Kier alpha value is -2.29. The van der Waals surface area contributed by atoms with E-state index in [4.69, 9.17) is 5.73 Å². The van der Waals surface area contributed by atoms with Crippen LogP contribution >= 0.6 is 0 Å². The van der Waals surface area contributed by atoms with E-state index >= 15 is 0 Å². The monoisotopic (exact) mass is 270 g/mol. The molecular formula is C17H22N2O. The molecular weight excluding hydrogens is 248 g/mol. The van der Waals surface area contributed by atoms with E-state index in [2.05, 4.69) is 12.2 Å². The maximum atomic E-state index is 12.0. The summed E-state index contributed by atoms with van der Waals surface area (Å²) in [5.41, 5.74) is 8.83. The van der Waals surface area contributed by atoms with Crippen molar-refractivity contribution in [1.82, 2.24) is 0 Å². The Bertz CT molecular complexity index is 547. The highest BCUT2D eigenvalue weighted by atomic mass is 16.1. The van der Waals surface area contributed by atoms with Crippen LogP contribution in [0.5, 0.6) is 0 Å². The van der Waals surface area contributed by atoms with Crippen molar-refractivity contribution in [3.8, 4) is 0 Å². The number of amides is 1. The standard InChI is InChI=1S/C15H16N2O.C2H6/c1-2-11-7-9-12(10-8-11)15(18)17-14-6-4-3-5-13(14)16;1-2/h3-10H,2,16H2,1H3,(H,17,18);1-2H3. The molecule has 0 bridgehead atoms. The van der Waals surface area contributed by atoms with Crippen LogP contribution in [0.1, 0.15) is 36.7 Å². The molecule has 3 N–H and O–H groups in total. The maximum absolute atomic E-state index is 12.0. The maximum Gasteiger partial charge on any atom is 0.255 e. The molecule has 2 aromatic rings. The molecule has 0 heterocycles. The normalized spacial score (nSPS) is 9.35. The molecule has 106 valence electrons. The van der Waals surface area contributed by atoms with E-state index in [-0.39, 0.29) is 5.91 Å². The zero-order valence-corrected chi connectivity index (χ0v) is 12.3. The van der Waals surface area contributed by atoms with Crippen LogP contribution in [0, 0.1) is 0 Å². The van der Waals surface area contributed by atoms with Crippen molar-refractivity contribution in [1.29, 1.82) is 0 Å². The molecule has 3 nitrogen and oxygen atoms in total. The molecule has 2 aromatic carbocycles. The number of rotatable bonds is 3. The van der Waals surface area contributed by atoms with Gasteiger partial charge in [0.1, 0.15) is 0 Å². The molecule has 0 spiro atoms. The second kappa shape index (κ2) is 8.00. The lowest BCUT2D eigenvalue weighted by Crippen LogP contribution is -2.13. The minimum Gasteiger partial charge on any atom is -0.397 e. The minimum absolute atomic E-state index is 0.143. The van der Waals surface area contributed by atoms with Crippen LogP contribution in [0.15, 0.2) is 48.5 Å². The fourth-order valence-corrected chi connectivity index (χ4v) is 1.70. The molecule has 0 aliphatic rings. The van der Waals surface area contributed by atoms with Crippen molar-refractivity contribution in [2.24, 2.45) is 0 Å². The van der Waals surface area contributed by atoms with Gasteiger partial charge < -0.3 is 11.1 Å². The SMILES string of the molecule is CC.CCc1ccc(C(=O)Nc2ccccc2N)cc1. The summed E-state index contributed by atoms with van der Waals surface area (Å²) in [5.74, 6) is -0.143. The predicted molar refractivity (Wildman–Crippen MR) is 86.0 cm³/mol. The first-order chi connectivity index (χ1) is 9.70. The summed E-state index contributed by atoms with van der Waals surface area (Å²) in [6, 6.07) is 14.8. The number of aryl methyl sites for hydroxylation is 1. The van der Waals surface area contributed by atoms with Gasteiger partial charge >= 0.3 is 0 Å². The number of para-hydroxylation sites is 2. The van der Waals surface area contributed by atoms with Crippen LogP contribution in [-0.4, -0.2) is 5.91 Å². The topological polar surface area (TPSA) is 55.1 Å². The molecule has 0 saturated heterocycles. The van der Waals surface area contributed by atoms with Crippen LogP contribution in [-0.2, 0) is 6.42 Å². The Morgan fingerprint density at radius 1 is 1.05 bits per heavy atom. The third kappa shape index (κ3) is 4.12. The van der Waals surface area contributed by atoms with E-state index in [0.717, 1.165) is 6.42 Å². The van der Waals surface area contributed by atoms with Crippen molar-refractivity contribution < 1.29 is 4.79 Å². The fourth-order valence-electron chi connectivity index (χ4n) is 1.70. The van der Waals surface area contributed by atoms with Crippen LogP contribution in [0.3, 0.4) is 0 Å². The highest BCUT2D eigenvalue weighted by molar-refractivity contribution is 6.05. The van der Waals surface area contributed by atoms with Gasteiger partial charge in [0, 0.05) is 5.56 Å². The van der Waals surface area contributed by atoms with E-state index in [9.17, 15) is 4.79 Å². The molecule has 0 unspecified atom stereocenters. The zero-order chi connectivity index (χ0) is 15.0. The van der Waals surface area contributed by atoms with Gasteiger partial charge in [-0.25, -0.2) is 0 Å². The largest absolute Gasteiger partial charge is 0.397 e. The van der Waals surface area contributed by atoms with E-state index in [1.807, 2.05) is 50.2 Å². The highest BCUT2D eigenvalue weighted by Gasteiger charge is 2.07. The fraction of sp³-hybridized carbons (Fsp3) is 0.235. The molecule has 3 heteroatoms. The van der Waals surface area contributed by atoms with E-state index < -0.39 is 0 Å². The number of anilines is 2. The lowest BCUT2D eigenvalue weighted by molar-refractivity contribution is 0.102. The van der Waals surface area contributed by atoms with Crippen LogP contribution in [0.25, 0.3) is 0 Å². The Morgan fingerprint density at radius 2 is 1.65 bits per heavy atom. The summed E-state index contributed by atoms with van der Waals surface area (Å²) in [4.78, 5) is 12.0. The number of nitrogens with one attached hydrogen (secondary N) is 1. The van der Waals surface area contributed by atoms with E-state index in [1.165, 1.54) is 5.56 Å². The first-order valence-corrected chi connectivity index (χ1v) is 6.95. The number of carbonyl (C=O) groups excluding carboxylic acids is 1. The number of nitrogens with two attached hydrogens (primary N) is 1. The average molecular weight is 270 g/mol. The molecule has 2 rings (SSSR count). The first kappa shape index (κ1) is 15.8. The molecule has 1 amide bonds. The quantitative estimate of drug-likeness (QED) is 0.825. The molecule has 0 aliphatic carbocycles. The number of nitrogen functional groups attached to an aromatic ring is 1. The number of carbonyl (C=O) groups is 1. The molecule has 0 aliphatic heterocycles. The molecule has 0 aromatic heterocycles. The van der Waals surface area contributed by atoms with Gasteiger partial charge in [-0.05, 0) is 36.2 Å². The second-order valence-electron chi connectivity index (χ2n) is 4.09. The van der Waals surface area contributed by atoms with Crippen molar-refractivity contribution >= 4 is 17.3 Å². The van der Waals surface area contributed by atoms with Crippen molar-refractivity contribution in [3.63, 3.8) is 0 Å². The average Bonchev–Trinajstić information content (AvgIpc) is 2.51. The van der Waals surface area contributed by atoms with Gasteiger partial charge in [-0.15, -0.1) is 0 Å². The summed E-state index contributed by atoms with van der Waals surface area (Å²) in [5, 5.41) is 2.80. The van der Waals surface area contributed by atoms with Gasteiger partial charge in [0.05, 0.1) is 11.4 Å². The Morgan fingerprint density at radius 3 is 2.20 bits per heavy atom. The number of hydrogen-bond donors (Lipinski definition) is 2. The van der Waals surface area contributed by atoms with Crippen LogP contribution < -0.4 is 11.1 Å². The zero-order valence-electron chi connectivity index (χ0n) is 12.3. The third-order valence-electron chi connectivity index (χ3n) is 2.83. The summed E-state index contributed by atoms with van der Waals surface area (Å²) >= 11 is 0. The van der Waals surface area contributed by atoms with Crippen molar-refractivity contribution in [2.75, 3.05) is 11.1 Å². The smallest absolute Gasteiger partial charge is 0.255 e. The van der Waals surface area contributed by atoms with Crippen molar-refractivity contribution in [3.05, 3.63) is 59.7 Å². The second-order valence-corrected chi connectivity index (χ2v) is 4.09. The summed E-state index contributed by atoms with van der Waals surface area (Å²) in [6.07, 6.45) is 0.966. The Kier molecular flexibility index (Phi) is 6.30.